The summed E-state index contributed by atoms with van der Waals surface area (Å²) in [6.07, 6.45) is 0. The molecule has 3 aromatic rings. The van der Waals surface area contributed by atoms with Gasteiger partial charge < -0.3 is 19.5 Å². The van der Waals surface area contributed by atoms with Gasteiger partial charge in [-0.05, 0) is 24.3 Å². The molecular weight excluding hydrogens is 412 g/mol. The molecule has 0 fully saturated rings. The van der Waals surface area contributed by atoms with E-state index in [-0.39, 0.29) is 5.25 Å². The van der Waals surface area contributed by atoms with Crippen LogP contribution in [0.4, 0.5) is 11.5 Å². The highest BCUT2D eigenvalue weighted by atomic mass is 32.2. The quantitative estimate of drug-likeness (QED) is 0.377. The summed E-state index contributed by atoms with van der Waals surface area (Å²) in [6.45, 7) is 4.13. The minimum absolute atomic E-state index is 0.269. The molecule has 0 atom stereocenters. The minimum atomic E-state index is 0.269. The zero-order chi connectivity index (χ0) is 22.4. The Morgan fingerprint density at radius 2 is 1.61 bits per heavy atom. The van der Waals surface area contributed by atoms with Gasteiger partial charge >= 0.3 is 0 Å². The number of nitriles is 1. The van der Waals surface area contributed by atoms with Gasteiger partial charge in [0.2, 0.25) is 5.75 Å². The van der Waals surface area contributed by atoms with Crippen molar-refractivity contribution in [2.24, 2.45) is 0 Å². The molecule has 1 aromatic heterocycles. The molecule has 8 heteroatoms. The van der Waals surface area contributed by atoms with Crippen molar-refractivity contribution in [3.8, 4) is 34.6 Å². The average molecular weight is 437 g/mol. The van der Waals surface area contributed by atoms with Gasteiger partial charge in [0.15, 0.2) is 22.5 Å². The second-order valence-electron chi connectivity index (χ2n) is 6.76. The molecule has 0 bridgehead atoms. The Balaban J connectivity index is 2.23. The third-order valence-corrected chi connectivity index (χ3v) is 5.18. The van der Waals surface area contributed by atoms with Crippen molar-refractivity contribution >= 4 is 23.3 Å². The van der Waals surface area contributed by atoms with Crippen molar-refractivity contribution < 1.29 is 14.2 Å². The summed E-state index contributed by atoms with van der Waals surface area (Å²) in [5, 5.41) is 14.1. The van der Waals surface area contributed by atoms with Crippen LogP contribution in [0.25, 0.3) is 11.3 Å². The summed E-state index contributed by atoms with van der Waals surface area (Å²) in [6, 6.07) is 15.4. The van der Waals surface area contributed by atoms with Gasteiger partial charge in [0.05, 0.1) is 27.0 Å². The number of methoxy groups -OCH3 is 3. The van der Waals surface area contributed by atoms with E-state index < -0.39 is 0 Å². The van der Waals surface area contributed by atoms with Gasteiger partial charge in [-0.15, -0.1) is 0 Å². The van der Waals surface area contributed by atoms with Gasteiger partial charge in [0, 0.05) is 16.5 Å². The van der Waals surface area contributed by atoms with E-state index in [9.17, 15) is 5.26 Å². The number of para-hydroxylation sites is 1. The first kappa shape index (κ1) is 22.2. The number of thioether (sulfide) groups is 1. The number of hydrogen-bond donors (Lipinski definition) is 1. The maximum Gasteiger partial charge on any atom is 0.203 e. The predicted octanol–water partition coefficient (Wildman–Crippen LogP) is 5.29. The minimum Gasteiger partial charge on any atom is -0.493 e. The highest BCUT2D eigenvalue weighted by molar-refractivity contribution is 7.99. The third kappa shape index (κ3) is 5.01. The van der Waals surface area contributed by atoms with Crippen molar-refractivity contribution in [2.45, 2.75) is 24.3 Å². The maximum atomic E-state index is 10.0. The normalized spacial score (nSPS) is 10.5. The molecule has 0 spiro atoms. The maximum absolute atomic E-state index is 10.0. The molecule has 0 amide bonds. The standard InChI is InChI=1S/C23H24N4O3S/c1-14(2)31-23-26-20(15-11-18(28-3)21(30-5)19(12-15)29-4)17(13-24)22(27-23)25-16-9-7-6-8-10-16/h6-12,14H,1-5H3,(H,25,26,27). The van der Waals surface area contributed by atoms with Gasteiger partial charge in [-0.3, -0.25) is 0 Å². The monoisotopic (exact) mass is 436 g/mol. The summed E-state index contributed by atoms with van der Waals surface area (Å²) in [5.41, 5.74) is 2.30. The number of benzene rings is 2. The fraction of sp³-hybridized carbons (Fsp3) is 0.261. The van der Waals surface area contributed by atoms with Crippen molar-refractivity contribution in [1.82, 2.24) is 9.97 Å². The lowest BCUT2D eigenvalue weighted by atomic mass is 10.1. The molecule has 0 unspecified atom stereocenters. The van der Waals surface area contributed by atoms with Gasteiger partial charge in [-0.2, -0.15) is 5.26 Å². The Kier molecular flexibility index (Phi) is 7.21. The number of hydrogen-bond acceptors (Lipinski definition) is 8. The zero-order valence-corrected chi connectivity index (χ0v) is 18.9. The fourth-order valence-corrected chi connectivity index (χ4v) is 3.69. The van der Waals surface area contributed by atoms with E-state index in [4.69, 9.17) is 19.2 Å². The highest BCUT2D eigenvalue weighted by Crippen LogP contribution is 2.42. The molecule has 1 heterocycles. The highest BCUT2D eigenvalue weighted by Gasteiger charge is 2.21. The first-order valence-electron chi connectivity index (χ1n) is 9.62. The second-order valence-corrected chi connectivity index (χ2v) is 8.31. The SMILES string of the molecule is COc1cc(-c2nc(SC(C)C)nc(Nc3ccccc3)c2C#N)cc(OC)c1OC. The Morgan fingerprint density at radius 3 is 2.13 bits per heavy atom. The molecule has 0 radical (unpaired) electrons. The summed E-state index contributed by atoms with van der Waals surface area (Å²) in [5.74, 6) is 1.88. The van der Waals surface area contributed by atoms with E-state index in [1.807, 2.05) is 30.3 Å². The molecule has 0 aliphatic heterocycles. The number of nitrogens with one attached hydrogen (secondary N) is 1. The van der Waals surface area contributed by atoms with Crippen LogP contribution in [-0.4, -0.2) is 36.5 Å². The van der Waals surface area contributed by atoms with Crippen molar-refractivity contribution in [3.05, 3.63) is 48.0 Å². The molecule has 31 heavy (non-hydrogen) atoms. The molecule has 7 nitrogen and oxygen atoms in total. The summed E-state index contributed by atoms with van der Waals surface area (Å²) in [7, 11) is 4.65. The van der Waals surface area contributed by atoms with Gasteiger partial charge in [0.1, 0.15) is 11.6 Å². The molecule has 3 rings (SSSR count). The molecule has 0 saturated carbocycles. The summed E-state index contributed by atoms with van der Waals surface area (Å²) in [4.78, 5) is 9.32. The second kappa shape index (κ2) is 10.0. The largest absolute Gasteiger partial charge is 0.493 e. The van der Waals surface area contributed by atoms with Gasteiger partial charge in [0.25, 0.3) is 0 Å². The summed E-state index contributed by atoms with van der Waals surface area (Å²) >= 11 is 1.52. The molecule has 0 saturated heterocycles. The van der Waals surface area contributed by atoms with E-state index in [1.54, 1.807) is 33.5 Å². The molecule has 2 aromatic carbocycles. The molecule has 0 aliphatic carbocycles. The van der Waals surface area contributed by atoms with Crippen LogP contribution < -0.4 is 19.5 Å². The molecule has 0 aliphatic rings. The van der Waals surface area contributed by atoms with E-state index in [1.165, 1.54) is 11.8 Å². The van der Waals surface area contributed by atoms with Crippen LogP contribution in [0.3, 0.4) is 0 Å². The van der Waals surface area contributed by atoms with Crippen LogP contribution in [0, 0.1) is 11.3 Å². The van der Waals surface area contributed by atoms with Crippen LogP contribution in [0.15, 0.2) is 47.6 Å². The van der Waals surface area contributed by atoms with Crippen LogP contribution in [0.2, 0.25) is 0 Å². The number of anilines is 2. The number of rotatable bonds is 8. The van der Waals surface area contributed by atoms with Gasteiger partial charge in [-0.25, -0.2) is 9.97 Å². The van der Waals surface area contributed by atoms with Crippen LogP contribution in [0.1, 0.15) is 19.4 Å². The molecule has 1 N–H and O–H groups in total. The van der Waals surface area contributed by atoms with Crippen molar-refractivity contribution in [1.29, 1.82) is 5.26 Å². The van der Waals surface area contributed by atoms with Crippen LogP contribution in [-0.2, 0) is 0 Å². The van der Waals surface area contributed by atoms with Crippen LogP contribution in [0.5, 0.6) is 17.2 Å². The van der Waals surface area contributed by atoms with Gasteiger partial charge in [-0.1, -0.05) is 43.8 Å². The van der Waals surface area contributed by atoms with E-state index in [0.717, 1.165) is 5.69 Å². The van der Waals surface area contributed by atoms with Crippen LogP contribution >= 0.6 is 11.8 Å². The lowest BCUT2D eigenvalue weighted by molar-refractivity contribution is 0.324. The number of aromatic nitrogens is 2. The average Bonchev–Trinajstić information content (AvgIpc) is 2.78. The van der Waals surface area contributed by atoms with E-state index in [2.05, 4.69) is 30.2 Å². The fourth-order valence-electron chi connectivity index (χ4n) is 2.99. The third-order valence-electron chi connectivity index (χ3n) is 4.32. The Labute approximate surface area is 186 Å². The van der Waals surface area contributed by atoms with Crippen molar-refractivity contribution in [2.75, 3.05) is 26.6 Å². The lowest BCUT2D eigenvalue weighted by Crippen LogP contribution is -2.05. The Bertz CT molecular complexity index is 1070. The summed E-state index contributed by atoms with van der Waals surface area (Å²) < 4.78 is 16.4. The van der Waals surface area contributed by atoms with E-state index in [0.29, 0.717) is 45.0 Å². The molecule has 160 valence electrons. The molecular formula is C23H24N4O3S. The topological polar surface area (TPSA) is 89.3 Å². The van der Waals surface area contributed by atoms with Crippen molar-refractivity contribution in [3.63, 3.8) is 0 Å². The first-order chi connectivity index (χ1) is 15.0. The smallest absolute Gasteiger partial charge is 0.203 e. The number of ether oxygens (including phenoxy) is 3. The Morgan fingerprint density at radius 1 is 0.968 bits per heavy atom. The predicted molar refractivity (Wildman–Crippen MR) is 123 cm³/mol. The first-order valence-corrected chi connectivity index (χ1v) is 10.5. The zero-order valence-electron chi connectivity index (χ0n) is 18.1. The lowest BCUT2D eigenvalue weighted by Gasteiger charge is -2.16. The Hall–Kier alpha value is -3.44. The van der Waals surface area contributed by atoms with E-state index >= 15 is 0 Å². The number of nitrogens with zero attached hydrogens (tertiary/aromatic N) is 3.